The van der Waals surface area contributed by atoms with Crippen LogP contribution in [0.5, 0.6) is 0 Å². The fourth-order valence-electron chi connectivity index (χ4n) is 1.87. The minimum atomic E-state index is 0.0476. The van der Waals surface area contributed by atoms with Crippen LogP contribution in [0, 0.1) is 20.8 Å². The zero-order valence-electron chi connectivity index (χ0n) is 10.5. The molecule has 17 heavy (non-hydrogen) atoms. The molecule has 0 saturated heterocycles. The number of aromatic nitrogens is 2. The third-order valence-electron chi connectivity index (χ3n) is 3.00. The van der Waals surface area contributed by atoms with E-state index >= 15 is 0 Å². The van der Waals surface area contributed by atoms with Gasteiger partial charge in [-0.25, -0.2) is 4.98 Å². The predicted octanol–water partition coefficient (Wildman–Crippen LogP) is 2.03. The molecule has 5 heteroatoms. The Morgan fingerprint density at radius 1 is 1.35 bits per heavy atom. The van der Waals surface area contributed by atoms with Gasteiger partial charge in [0, 0.05) is 12.0 Å². The van der Waals surface area contributed by atoms with Crippen LogP contribution < -0.4 is 5.56 Å². The molecule has 0 bridgehead atoms. The summed E-state index contributed by atoms with van der Waals surface area (Å²) in [5, 5.41) is 0.759. The van der Waals surface area contributed by atoms with Gasteiger partial charge in [-0.3, -0.25) is 9.36 Å². The van der Waals surface area contributed by atoms with Crippen molar-refractivity contribution in [1.82, 2.24) is 9.55 Å². The maximum atomic E-state index is 12.4. The number of thiophene rings is 1. The summed E-state index contributed by atoms with van der Waals surface area (Å²) in [6.45, 7) is 6.94. The minimum absolute atomic E-state index is 0.0476. The summed E-state index contributed by atoms with van der Waals surface area (Å²) >= 11 is 1.58. The van der Waals surface area contributed by atoms with Gasteiger partial charge in [-0.15, -0.1) is 11.3 Å². The average molecular weight is 252 g/mol. The van der Waals surface area contributed by atoms with Gasteiger partial charge in [-0.05, 0) is 26.3 Å². The van der Waals surface area contributed by atoms with Crippen LogP contribution in [0.3, 0.4) is 0 Å². The summed E-state index contributed by atoms with van der Waals surface area (Å²) < 4.78 is 6.70. The van der Waals surface area contributed by atoms with E-state index in [2.05, 4.69) is 4.98 Å². The highest BCUT2D eigenvalue weighted by atomic mass is 32.1. The van der Waals surface area contributed by atoms with Gasteiger partial charge in [0.25, 0.3) is 5.56 Å². The molecule has 0 spiro atoms. The summed E-state index contributed by atoms with van der Waals surface area (Å²) in [5.74, 6) is 0.751. The Balaban J connectivity index is 2.69. The fourth-order valence-corrected chi connectivity index (χ4v) is 2.94. The van der Waals surface area contributed by atoms with Crippen molar-refractivity contribution in [3.05, 3.63) is 26.6 Å². The molecule has 0 atom stereocenters. The molecule has 0 amide bonds. The maximum Gasteiger partial charge on any atom is 0.262 e. The van der Waals surface area contributed by atoms with Crippen LogP contribution in [0.25, 0.3) is 10.2 Å². The van der Waals surface area contributed by atoms with E-state index in [4.69, 9.17) is 4.74 Å². The smallest absolute Gasteiger partial charge is 0.262 e. The lowest BCUT2D eigenvalue weighted by molar-refractivity contribution is 0.185. The Labute approximate surface area is 104 Å². The van der Waals surface area contributed by atoms with Gasteiger partial charge in [0.1, 0.15) is 10.7 Å². The van der Waals surface area contributed by atoms with Crippen molar-refractivity contribution in [1.29, 1.82) is 0 Å². The molecular weight excluding hydrogens is 236 g/mol. The highest BCUT2D eigenvalue weighted by molar-refractivity contribution is 7.18. The summed E-state index contributed by atoms with van der Waals surface area (Å²) in [6.07, 6.45) is 0. The lowest BCUT2D eigenvalue weighted by Crippen LogP contribution is -2.25. The van der Waals surface area contributed by atoms with E-state index in [9.17, 15) is 4.79 Å². The zero-order valence-corrected chi connectivity index (χ0v) is 11.3. The van der Waals surface area contributed by atoms with Gasteiger partial charge < -0.3 is 4.74 Å². The second-order valence-corrected chi connectivity index (χ2v) is 5.28. The number of nitrogens with zero attached hydrogens (tertiary/aromatic N) is 2. The molecule has 0 aromatic carbocycles. The quantitative estimate of drug-likeness (QED) is 0.839. The molecule has 92 valence electrons. The molecule has 0 fully saturated rings. The van der Waals surface area contributed by atoms with Crippen molar-refractivity contribution in [3.8, 4) is 0 Å². The van der Waals surface area contributed by atoms with Gasteiger partial charge in [0.05, 0.1) is 18.5 Å². The molecule has 0 unspecified atom stereocenters. The first-order chi connectivity index (χ1) is 8.06. The van der Waals surface area contributed by atoms with Gasteiger partial charge in [-0.1, -0.05) is 0 Å². The van der Waals surface area contributed by atoms with E-state index in [0.717, 1.165) is 26.5 Å². The second kappa shape index (κ2) is 4.58. The van der Waals surface area contributed by atoms with E-state index in [1.54, 1.807) is 23.0 Å². The third-order valence-corrected chi connectivity index (χ3v) is 4.10. The monoisotopic (exact) mass is 252 g/mol. The van der Waals surface area contributed by atoms with Crippen LogP contribution in [0.15, 0.2) is 4.79 Å². The summed E-state index contributed by atoms with van der Waals surface area (Å²) in [5.41, 5.74) is 1.10. The van der Waals surface area contributed by atoms with E-state index in [1.165, 1.54) is 0 Å². The molecule has 2 aromatic heterocycles. The number of aryl methyl sites for hydroxylation is 3. The molecular formula is C12H16N2O2S. The van der Waals surface area contributed by atoms with E-state index in [-0.39, 0.29) is 5.56 Å². The largest absolute Gasteiger partial charge is 0.383 e. The van der Waals surface area contributed by atoms with Crippen LogP contribution in [-0.4, -0.2) is 23.3 Å². The molecule has 0 radical (unpaired) electrons. The van der Waals surface area contributed by atoms with Crippen LogP contribution in [0.1, 0.15) is 16.3 Å². The number of methoxy groups -OCH3 is 1. The summed E-state index contributed by atoms with van der Waals surface area (Å²) in [6, 6.07) is 0. The molecule has 0 aliphatic carbocycles. The first kappa shape index (κ1) is 12.3. The first-order valence-corrected chi connectivity index (χ1v) is 6.34. The number of hydrogen-bond acceptors (Lipinski definition) is 4. The molecule has 2 heterocycles. The lowest BCUT2D eigenvalue weighted by Gasteiger charge is -2.08. The topological polar surface area (TPSA) is 44.1 Å². The molecule has 0 saturated carbocycles. The lowest BCUT2D eigenvalue weighted by atomic mass is 10.2. The van der Waals surface area contributed by atoms with E-state index in [1.807, 2.05) is 20.8 Å². The SMILES string of the molecule is COCCn1c(C)nc2sc(C)c(C)c2c1=O. The zero-order chi connectivity index (χ0) is 12.6. The summed E-state index contributed by atoms with van der Waals surface area (Å²) in [4.78, 5) is 18.9. The molecule has 2 rings (SSSR count). The van der Waals surface area contributed by atoms with E-state index < -0.39 is 0 Å². The average Bonchev–Trinajstić information content (AvgIpc) is 2.54. The van der Waals surface area contributed by atoms with Crippen LogP contribution >= 0.6 is 11.3 Å². The Morgan fingerprint density at radius 3 is 2.71 bits per heavy atom. The van der Waals surface area contributed by atoms with Crippen LogP contribution in [0.4, 0.5) is 0 Å². The van der Waals surface area contributed by atoms with Gasteiger partial charge >= 0.3 is 0 Å². The Morgan fingerprint density at radius 2 is 2.06 bits per heavy atom. The third kappa shape index (κ3) is 2.00. The highest BCUT2D eigenvalue weighted by Crippen LogP contribution is 2.25. The molecule has 4 nitrogen and oxygen atoms in total. The second-order valence-electron chi connectivity index (χ2n) is 4.07. The molecule has 0 aliphatic heterocycles. The van der Waals surface area contributed by atoms with Crippen molar-refractivity contribution in [2.45, 2.75) is 27.3 Å². The number of ether oxygens (including phenoxy) is 1. The first-order valence-electron chi connectivity index (χ1n) is 5.52. The molecule has 0 N–H and O–H groups in total. The standard InChI is InChI=1S/C12H16N2O2S/c1-7-8(2)17-11-10(7)12(15)14(5-6-16-4)9(3)13-11/h5-6H2,1-4H3. The summed E-state index contributed by atoms with van der Waals surface area (Å²) in [7, 11) is 1.63. The highest BCUT2D eigenvalue weighted by Gasteiger charge is 2.13. The minimum Gasteiger partial charge on any atom is -0.383 e. The van der Waals surface area contributed by atoms with Crippen LogP contribution in [-0.2, 0) is 11.3 Å². The van der Waals surface area contributed by atoms with Gasteiger partial charge in [-0.2, -0.15) is 0 Å². The Kier molecular flexibility index (Phi) is 3.31. The van der Waals surface area contributed by atoms with Gasteiger partial charge in [0.15, 0.2) is 0 Å². The molecule has 0 aliphatic rings. The maximum absolute atomic E-state index is 12.4. The molecule has 2 aromatic rings. The Hall–Kier alpha value is -1.20. The predicted molar refractivity (Wildman–Crippen MR) is 70.0 cm³/mol. The van der Waals surface area contributed by atoms with Crippen LogP contribution in [0.2, 0.25) is 0 Å². The van der Waals surface area contributed by atoms with Crippen molar-refractivity contribution >= 4 is 21.6 Å². The van der Waals surface area contributed by atoms with E-state index in [0.29, 0.717) is 13.2 Å². The normalized spacial score (nSPS) is 11.3. The van der Waals surface area contributed by atoms with Crippen molar-refractivity contribution < 1.29 is 4.74 Å². The number of fused-ring (bicyclic) bond motifs is 1. The van der Waals surface area contributed by atoms with Crippen molar-refractivity contribution in [2.24, 2.45) is 0 Å². The number of hydrogen-bond donors (Lipinski definition) is 0. The van der Waals surface area contributed by atoms with Gasteiger partial charge in [0.2, 0.25) is 0 Å². The van der Waals surface area contributed by atoms with Crippen molar-refractivity contribution in [2.75, 3.05) is 13.7 Å². The Bertz CT molecular complexity index is 613. The number of rotatable bonds is 3. The fraction of sp³-hybridized carbons (Fsp3) is 0.500. The van der Waals surface area contributed by atoms with Crippen molar-refractivity contribution in [3.63, 3.8) is 0 Å².